The third-order valence-corrected chi connectivity index (χ3v) is 4.13. The topological polar surface area (TPSA) is 49.7 Å². The summed E-state index contributed by atoms with van der Waals surface area (Å²) in [4.78, 5) is 0. The Balaban J connectivity index is 0.000000730. The number of benzene rings is 2. The van der Waals surface area contributed by atoms with Crippen LogP contribution in [-0.2, 0) is 4.74 Å². The molecule has 0 bridgehead atoms. The average Bonchev–Trinajstić information content (AvgIpc) is 2.65. The second kappa shape index (κ2) is 10.7. The molecule has 0 spiro atoms. The summed E-state index contributed by atoms with van der Waals surface area (Å²) in [5.41, 5.74) is 4.83. The second-order valence-electron chi connectivity index (χ2n) is 6.05. The summed E-state index contributed by atoms with van der Waals surface area (Å²) in [6, 6.07) is 17.0. The maximum Gasteiger partial charge on any atom is 0.0853 e. The number of hydrogen-bond donors (Lipinski definition) is 2. The van der Waals surface area contributed by atoms with Gasteiger partial charge in [0.05, 0.1) is 18.3 Å². The Kier molecular flexibility index (Phi) is 8.94. The molecule has 3 heteroatoms. The minimum atomic E-state index is -0.262. The van der Waals surface area contributed by atoms with E-state index in [1.54, 1.807) is 0 Å². The lowest BCUT2D eigenvalue weighted by Crippen LogP contribution is -2.29. The van der Waals surface area contributed by atoms with Crippen LogP contribution in [0.15, 0.2) is 48.5 Å². The molecule has 1 saturated heterocycles. The van der Waals surface area contributed by atoms with E-state index in [0.717, 1.165) is 19.1 Å². The van der Waals surface area contributed by atoms with E-state index in [4.69, 9.17) is 9.84 Å². The number of aryl methyl sites for hydroxylation is 1. The minimum absolute atomic E-state index is 0.00542. The third kappa shape index (κ3) is 6.03. The molecule has 3 rings (SSSR count). The Bertz CT molecular complexity index is 636. The number of rotatable bonds is 2. The maximum atomic E-state index is 9.95. The molecule has 0 radical (unpaired) electrons. The first-order valence-corrected chi connectivity index (χ1v) is 8.40. The van der Waals surface area contributed by atoms with Crippen LogP contribution in [0, 0.1) is 19.8 Å². The molecule has 0 aromatic heterocycles. The molecule has 134 valence electrons. The molecular formula is C22H28O3. The Morgan fingerprint density at radius 2 is 1.60 bits per heavy atom. The Labute approximate surface area is 151 Å². The molecule has 1 aliphatic heterocycles. The normalized spacial score (nSPS) is 22.0. The average molecular weight is 340 g/mol. The van der Waals surface area contributed by atoms with Crippen molar-refractivity contribution in [2.75, 3.05) is 7.11 Å². The van der Waals surface area contributed by atoms with Crippen LogP contribution in [0.4, 0.5) is 0 Å². The molecule has 0 unspecified atom stereocenters. The summed E-state index contributed by atoms with van der Waals surface area (Å²) in [5.74, 6) is 0. The van der Waals surface area contributed by atoms with E-state index >= 15 is 0 Å². The fraction of sp³-hybridized carbons (Fsp3) is 0.364. The first-order valence-electron chi connectivity index (χ1n) is 8.40. The summed E-state index contributed by atoms with van der Waals surface area (Å²) < 4.78 is 5.99. The molecule has 3 atom stereocenters. The van der Waals surface area contributed by atoms with Crippen LogP contribution in [0.1, 0.15) is 37.0 Å². The molecule has 2 N–H and O–H groups in total. The van der Waals surface area contributed by atoms with Gasteiger partial charge in [-0.2, -0.15) is 0 Å². The van der Waals surface area contributed by atoms with Crippen molar-refractivity contribution < 1.29 is 14.9 Å². The van der Waals surface area contributed by atoms with Crippen molar-refractivity contribution in [3.05, 3.63) is 59.7 Å². The zero-order valence-corrected chi connectivity index (χ0v) is 15.2. The number of terminal acetylenes is 1. The third-order valence-electron chi connectivity index (χ3n) is 4.13. The molecule has 0 amide bonds. The first-order chi connectivity index (χ1) is 12.1. The quantitative estimate of drug-likeness (QED) is 0.809. The Hall–Kier alpha value is -2.12. The Morgan fingerprint density at radius 1 is 0.960 bits per heavy atom. The molecule has 0 aliphatic carbocycles. The fourth-order valence-corrected chi connectivity index (χ4v) is 3.00. The summed E-state index contributed by atoms with van der Waals surface area (Å²) in [6.07, 6.45) is 9.26. The van der Waals surface area contributed by atoms with Crippen molar-refractivity contribution in [2.45, 2.75) is 45.0 Å². The van der Waals surface area contributed by atoms with E-state index in [1.165, 1.54) is 16.7 Å². The molecule has 2 aromatic rings. The van der Waals surface area contributed by atoms with Gasteiger partial charge in [-0.05, 0) is 43.0 Å². The van der Waals surface area contributed by atoms with Gasteiger partial charge in [0.15, 0.2) is 0 Å². The van der Waals surface area contributed by atoms with Crippen LogP contribution >= 0.6 is 0 Å². The summed E-state index contributed by atoms with van der Waals surface area (Å²) in [6.45, 7) is 4.12. The summed E-state index contributed by atoms with van der Waals surface area (Å²) in [7, 11) is 1.00. The molecule has 1 heterocycles. The van der Waals surface area contributed by atoms with Gasteiger partial charge in [-0.1, -0.05) is 48.0 Å². The zero-order chi connectivity index (χ0) is 18.8. The summed E-state index contributed by atoms with van der Waals surface area (Å²) >= 11 is 0. The van der Waals surface area contributed by atoms with Crippen LogP contribution in [0.25, 0.3) is 11.1 Å². The molecule has 3 nitrogen and oxygen atoms in total. The van der Waals surface area contributed by atoms with Crippen molar-refractivity contribution in [1.29, 1.82) is 0 Å². The van der Waals surface area contributed by atoms with Crippen LogP contribution < -0.4 is 0 Å². The monoisotopic (exact) mass is 340 g/mol. The lowest BCUT2D eigenvalue weighted by Gasteiger charge is -2.31. The van der Waals surface area contributed by atoms with Crippen molar-refractivity contribution in [3.63, 3.8) is 0 Å². The van der Waals surface area contributed by atoms with Gasteiger partial charge in [0.25, 0.3) is 0 Å². The van der Waals surface area contributed by atoms with Crippen LogP contribution in [0.3, 0.4) is 0 Å². The molecular weight excluding hydrogens is 312 g/mol. The van der Waals surface area contributed by atoms with Gasteiger partial charge in [-0.3, -0.25) is 0 Å². The van der Waals surface area contributed by atoms with Gasteiger partial charge in [0, 0.05) is 13.5 Å². The number of aliphatic hydroxyl groups excluding tert-OH is 2. The first kappa shape index (κ1) is 20.9. The largest absolute Gasteiger partial charge is 0.400 e. The van der Waals surface area contributed by atoms with Crippen molar-refractivity contribution in [2.24, 2.45) is 0 Å². The predicted octanol–water partition coefficient (Wildman–Crippen LogP) is 4.12. The van der Waals surface area contributed by atoms with Gasteiger partial charge in [-0.25, -0.2) is 0 Å². The molecule has 1 fully saturated rings. The molecule has 25 heavy (non-hydrogen) atoms. The van der Waals surface area contributed by atoms with Crippen LogP contribution in [0.2, 0.25) is 0 Å². The Morgan fingerprint density at radius 3 is 2.20 bits per heavy atom. The molecule has 1 aliphatic rings. The predicted molar refractivity (Wildman–Crippen MR) is 103 cm³/mol. The number of hydrogen-bond acceptors (Lipinski definition) is 3. The van der Waals surface area contributed by atoms with Crippen LogP contribution in [-0.4, -0.2) is 29.5 Å². The summed E-state index contributed by atoms with van der Waals surface area (Å²) in [5, 5.41) is 16.9. The highest BCUT2D eigenvalue weighted by Gasteiger charge is 2.26. The molecule has 0 saturated carbocycles. The number of aliphatic hydroxyl groups is 2. The van der Waals surface area contributed by atoms with Crippen molar-refractivity contribution >= 4 is 0 Å². The van der Waals surface area contributed by atoms with E-state index in [0.29, 0.717) is 6.42 Å². The lowest BCUT2D eigenvalue weighted by atomic mass is 9.94. The highest BCUT2D eigenvalue weighted by molar-refractivity contribution is 5.64. The van der Waals surface area contributed by atoms with Gasteiger partial charge in [-0.15, -0.1) is 12.8 Å². The van der Waals surface area contributed by atoms with E-state index < -0.39 is 0 Å². The minimum Gasteiger partial charge on any atom is -0.400 e. The fourth-order valence-electron chi connectivity index (χ4n) is 3.00. The zero-order valence-electron chi connectivity index (χ0n) is 15.2. The SMILES string of the molecule is C#C.CO.Cc1ccc(-c2cccc([C@H]3C[C@@H](O)C[C@@H](C)O3)c2)cc1. The number of ether oxygens (including phenoxy) is 1. The standard InChI is InChI=1S/C19H22O2.C2H2.CH4O/c1-13-6-8-15(9-7-13)16-4-3-5-17(11-16)19-12-18(20)10-14(2)21-19;2*1-2/h3-9,11,14,18-20H,10,12H2,1-2H3;1-2H;2H,1H3/t14-,18+,19-;;/m1../s1. The van der Waals surface area contributed by atoms with Gasteiger partial charge in [0.2, 0.25) is 0 Å². The highest BCUT2D eigenvalue weighted by Crippen LogP contribution is 2.33. The van der Waals surface area contributed by atoms with Crippen molar-refractivity contribution in [3.8, 4) is 24.0 Å². The van der Waals surface area contributed by atoms with Gasteiger partial charge in [0.1, 0.15) is 0 Å². The highest BCUT2D eigenvalue weighted by atomic mass is 16.5. The van der Waals surface area contributed by atoms with Crippen LogP contribution in [0.5, 0.6) is 0 Å². The van der Waals surface area contributed by atoms with Gasteiger partial charge >= 0.3 is 0 Å². The molecule has 2 aromatic carbocycles. The van der Waals surface area contributed by atoms with Gasteiger partial charge < -0.3 is 14.9 Å². The van der Waals surface area contributed by atoms with E-state index in [-0.39, 0.29) is 18.3 Å². The van der Waals surface area contributed by atoms with E-state index in [2.05, 4.69) is 68.3 Å². The maximum absolute atomic E-state index is 9.95. The smallest absolute Gasteiger partial charge is 0.0853 e. The van der Waals surface area contributed by atoms with Crippen molar-refractivity contribution in [1.82, 2.24) is 0 Å². The van der Waals surface area contributed by atoms with E-state index in [1.807, 2.05) is 6.92 Å². The second-order valence-corrected chi connectivity index (χ2v) is 6.05. The lowest BCUT2D eigenvalue weighted by molar-refractivity contribution is -0.0895. The van der Waals surface area contributed by atoms with E-state index in [9.17, 15) is 5.11 Å².